The molecule has 2 aromatic rings. The van der Waals surface area contributed by atoms with Crippen LogP contribution in [0.1, 0.15) is 24.4 Å². The summed E-state index contributed by atoms with van der Waals surface area (Å²) >= 11 is 6.85. The molecule has 0 unspecified atom stereocenters. The summed E-state index contributed by atoms with van der Waals surface area (Å²) in [5, 5.41) is 0. The van der Waals surface area contributed by atoms with Crippen molar-refractivity contribution in [3.63, 3.8) is 0 Å². The minimum absolute atomic E-state index is 0.204. The minimum Gasteiger partial charge on any atom is -0.207 e. The second-order valence-corrected chi connectivity index (χ2v) is 8.69. The molecule has 0 radical (unpaired) electrons. The molecule has 1 atom stereocenters. The van der Waals surface area contributed by atoms with Gasteiger partial charge in [-0.05, 0) is 31.0 Å². The van der Waals surface area contributed by atoms with Crippen molar-refractivity contribution < 1.29 is 12.8 Å². The van der Waals surface area contributed by atoms with Gasteiger partial charge in [-0.25, -0.2) is 12.8 Å². The van der Waals surface area contributed by atoms with Crippen LogP contribution >= 0.6 is 22.9 Å². The van der Waals surface area contributed by atoms with E-state index >= 15 is 0 Å². The largest absolute Gasteiger partial charge is 0.253 e. The van der Waals surface area contributed by atoms with Crippen molar-refractivity contribution in [1.29, 1.82) is 0 Å². The van der Waals surface area contributed by atoms with Gasteiger partial charge in [-0.3, -0.25) is 0 Å². The Balaban J connectivity index is 2.00. The van der Waals surface area contributed by atoms with Gasteiger partial charge < -0.3 is 0 Å². The highest BCUT2D eigenvalue weighted by atomic mass is 35.5. The van der Waals surface area contributed by atoms with E-state index in [-0.39, 0.29) is 10.0 Å². The molecule has 3 nitrogen and oxygen atoms in total. The number of nitrogens with zero attached hydrogens (tertiary/aromatic N) is 1. The number of hydrogen-bond donors (Lipinski definition) is 0. The van der Waals surface area contributed by atoms with Crippen molar-refractivity contribution in [2.24, 2.45) is 0 Å². The Morgan fingerprint density at radius 3 is 2.67 bits per heavy atom. The predicted octanol–water partition coefficient (Wildman–Crippen LogP) is 4.07. The maximum Gasteiger partial charge on any atom is 0.253 e. The molecule has 3 rings (SSSR count). The first-order valence-corrected chi connectivity index (χ1v) is 9.15. The molecule has 1 aliphatic heterocycles. The van der Waals surface area contributed by atoms with Crippen LogP contribution in [0.25, 0.3) is 0 Å². The van der Waals surface area contributed by atoms with Crippen LogP contribution in [-0.4, -0.2) is 19.3 Å². The summed E-state index contributed by atoms with van der Waals surface area (Å²) in [6.07, 6.45) is 1.34. The average Bonchev–Trinajstić information content (AvgIpc) is 3.08. The van der Waals surface area contributed by atoms with E-state index in [0.29, 0.717) is 22.9 Å². The van der Waals surface area contributed by atoms with Crippen LogP contribution in [0.5, 0.6) is 0 Å². The first kappa shape index (κ1) is 15.0. The molecule has 0 N–H and O–H groups in total. The van der Waals surface area contributed by atoms with Gasteiger partial charge in [-0.2, -0.15) is 4.31 Å². The molecule has 1 aromatic heterocycles. The summed E-state index contributed by atoms with van der Waals surface area (Å²) in [6, 6.07) is 8.95. The first-order chi connectivity index (χ1) is 10.00. The van der Waals surface area contributed by atoms with E-state index in [1.54, 1.807) is 24.3 Å². The topological polar surface area (TPSA) is 37.4 Å². The lowest BCUT2D eigenvalue weighted by atomic mass is 10.1. The molecular weight excluding hydrogens is 333 g/mol. The van der Waals surface area contributed by atoms with E-state index in [2.05, 4.69) is 0 Å². The lowest BCUT2D eigenvalue weighted by Gasteiger charge is -2.24. The summed E-state index contributed by atoms with van der Waals surface area (Å²) in [4.78, 5) is 0. The SMILES string of the molecule is O=S(=O)(c1ccc(Cl)s1)N1CCC[C@@H]1c1ccccc1F. The smallest absolute Gasteiger partial charge is 0.207 e. The maximum atomic E-state index is 14.0. The summed E-state index contributed by atoms with van der Waals surface area (Å²) in [5.74, 6) is -0.367. The first-order valence-electron chi connectivity index (χ1n) is 6.52. The molecule has 1 saturated heterocycles. The monoisotopic (exact) mass is 345 g/mol. The number of rotatable bonds is 3. The van der Waals surface area contributed by atoms with Crippen LogP contribution in [-0.2, 0) is 10.0 Å². The quantitative estimate of drug-likeness (QED) is 0.841. The van der Waals surface area contributed by atoms with Gasteiger partial charge in [-0.1, -0.05) is 29.8 Å². The van der Waals surface area contributed by atoms with Crippen LogP contribution in [0.4, 0.5) is 4.39 Å². The zero-order valence-electron chi connectivity index (χ0n) is 11.0. The van der Waals surface area contributed by atoms with Gasteiger partial charge in [0, 0.05) is 12.1 Å². The van der Waals surface area contributed by atoms with E-state index in [1.165, 1.54) is 16.4 Å². The standard InChI is InChI=1S/C14H13ClFNO2S2/c15-13-7-8-14(20-13)21(18,19)17-9-3-6-12(17)10-4-1-2-5-11(10)16/h1-2,4-5,7-8,12H,3,6,9H2/t12-/m1/s1. The second kappa shape index (κ2) is 5.68. The number of thiophene rings is 1. The molecule has 2 heterocycles. The van der Waals surface area contributed by atoms with Gasteiger partial charge in [0.2, 0.25) is 0 Å². The molecule has 1 fully saturated rings. The third-order valence-electron chi connectivity index (χ3n) is 3.58. The third-order valence-corrected chi connectivity index (χ3v) is 7.19. The molecule has 21 heavy (non-hydrogen) atoms. The van der Waals surface area contributed by atoms with Crippen LogP contribution in [0, 0.1) is 5.82 Å². The summed E-state index contributed by atoms with van der Waals surface area (Å²) < 4.78 is 41.4. The molecule has 7 heteroatoms. The van der Waals surface area contributed by atoms with E-state index < -0.39 is 16.1 Å². The molecule has 0 saturated carbocycles. The molecular formula is C14H13ClFNO2S2. The molecule has 0 bridgehead atoms. The number of halogens is 2. The Hall–Kier alpha value is -0.950. The summed E-state index contributed by atoms with van der Waals surface area (Å²) in [6.45, 7) is 0.400. The Kier molecular flexibility index (Phi) is 4.05. The van der Waals surface area contributed by atoms with Gasteiger partial charge in [0.15, 0.2) is 0 Å². The zero-order chi connectivity index (χ0) is 15.0. The Bertz CT molecular complexity index is 760. The van der Waals surface area contributed by atoms with Gasteiger partial charge >= 0.3 is 0 Å². The van der Waals surface area contributed by atoms with Crippen LogP contribution < -0.4 is 0 Å². The maximum absolute atomic E-state index is 14.0. The highest BCUT2D eigenvalue weighted by Crippen LogP contribution is 2.39. The number of sulfonamides is 1. The summed E-state index contributed by atoms with van der Waals surface area (Å²) in [5.41, 5.74) is 0.432. The van der Waals surface area contributed by atoms with Crippen molar-refractivity contribution >= 4 is 33.0 Å². The van der Waals surface area contributed by atoms with Crippen LogP contribution in [0.15, 0.2) is 40.6 Å². The molecule has 1 aromatic carbocycles. The molecule has 0 amide bonds. The molecule has 112 valence electrons. The van der Waals surface area contributed by atoms with Crippen LogP contribution in [0.3, 0.4) is 0 Å². The number of benzene rings is 1. The predicted molar refractivity (Wildman–Crippen MR) is 81.6 cm³/mol. The van der Waals surface area contributed by atoms with Gasteiger partial charge in [0.05, 0.1) is 10.4 Å². The Labute approximate surface area is 132 Å². The minimum atomic E-state index is -3.63. The van der Waals surface area contributed by atoms with Crippen molar-refractivity contribution in [2.45, 2.75) is 23.1 Å². The highest BCUT2D eigenvalue weighted by Gasteiger charge is 2.37. The number of hydrogen-bond acceptors (Lipinski definition) is 3. The fraction of sp³-hybridized carbons (Fsp3) is 0.286. The molecule has 1 aliphatic rings. The van der Waals surface area contributed by atoms with Crippen molar-refractivity contribution in [3.05, 3.63) is 52.1 Å². The normalized spacial score (nSPS) is 20.0. The molecule has 0 aliphatic carbocycles. The van der Waals surface area contributed by atoms with Crippen molar-refractivity contribution in [2.75, 3.05) is 6.54 Å². The third kappa shape index (κ3) is 2.73. The fourth-order valence-electron chi connectivity index (χ4n) is 2.64. The van der Waals surface area contributed by atoms with E-state index in [9.17, 15) is 12.8 Å². The average molecular weight is 346 g/mol. The van der Waals surface area contributed by atoms with Gasteiger partial charge in [0.1, 0.15) is 10.0 Å². The van der Waals surface area contributed by atoms with E-state index in [4.69, 9.17) is 11.6 Å². The summed E-state index contributed by atoms with van der Waals surface area (Å²) in [7, 11) is -3.63. The van der Waals surface area contributed by atoms with Crippen molar-refractivity contribution in [1.82, 2.24) is 4.31 Å². The van der Waals surface area contributed by atoms with Gasteiger partial charge in [-0.15, -0.1) is 11.3 Å². The lowest BCUT2D eigenvalue weighted by Crippen LogP contribution is -2.30. The fourth-order valence-corrected chi connectivity index (χ4v) is 5.92. The van der Waals surface area contributed by atoms with E-state index in [1.807, 2.05) is 0 Å². The Morgan fingerprint density at radius 1 is 1.24 bits per heavy atom. The Morgan fingerprint density at radius 2 is 2.00 bits per heavy atom. The lowest BCUT2D eigenvalue weighted by molar-refractivity contribution is 0.387. The van der Waals surface area contributed by atoms with Crippen LogP contribution in [0.2, 0.25) is 4.34 Å². The second-order valence-electron chi connectivity index (χ2n) is 4.85. The molecule has 0 spiro atoms. The van der Waals surface area contributed by atoms with Crippen molar-refractivity contribution in [3.8, 4) is 0 Å². The highest BCUT2D eigenvalue weighted by molar-refractivity contribution is 7.91. The zero-order valence-corrected chi connectivity index (χ0v) is 13.4. The van der Waals surface area contributed by atoms with Gasteiger partial charge in [0.25, 0.3) is 10.0 Å². The van der Waals surface area contributed by atoms with E-state index in [0.717, 1.165) is 17.8 Å².